The molecule has 0 bridgehead atoms. The van der Waals surface area contributed by atoms with Gasteiger partial charge in [-0.05, 0) is 44.6 Å². The van der Waals surface area contributed by atoms with E-state index >= 15 is 0 Å². The van der Waals surface area contributed by atoms with Crippen molar-refractivity contribution in [1.29, 1.82) is 0 Å². The summed E-state index contributed by atoms with van der Waals surface area (Å²) < 4.78 is 5.79. The molecule has 0 heterocycles. The van der Waals surface area contributed by atoms with Crippen LogP contribution in [0.4, 0.5) is 0 Å². The predicted molar refractivity (Wildman–Crippen MR) is 68.1 cm³/mol. The molecule has 0 aromatic carbocycles. The van der Waals surface area contributed by atoms with Gasteiger partial charge in [-0.1, -0.05) is 31.2 Å². The zero-order valence-corrected chi connectivity index (χ0v) is 10.2. The minimum atomic E-state index is 0.202. The largest absolute Gasteiger partial charge is 0.498 e. The summed E-state index contributed by atoms with van der Waals surface area (Å²) in [5.74, 6) is 0. The van der Waals surface area contributed by atoms with Crippen LogP contribution in [0.25, 0.3) is 0 Å². The molecule has 2 aliphatic carbocycles. The molecule has 1 heteroatoms. The molecule has 1 nitrogen and oxygen atoms in total. The minimum absolute atomic E-state index is 0.202. The molecule has 1 atom stereocenters. The van der Waals surface area contributed by atoms with E-state index in [0.29, 0.717) is 6.10 Å². The number of hydrogen-bond donors (Lipinski definition) is 0. The number of rotatable bonds is 4. The SMILES string of the molecule is CCC1(C=COC2CCCC2)C=CC=CC1. The van der Waals surface area contributed by atoms with Crippen molar-refractivity contribution in [3.8, 4) is 0 Å². The van der Waals surface area contributed by atoms with Crippen molar-refractivity contribution in [2.45, 2.75) is 51.6 Å². The Labute approximate surface area is 98.9 Å². The first kappa shape index (κ1) is 11.5. The molecule has 2 aliphatic rings. The third kappa shape index (κ3) is 2.78. The van der Waals surface area contributed by atoms with Gasteiger partial charge in [0, 0.05) is 5.41 Å². The van der Waals surface area contributed by atoms with Gasteiger partial charge in [-0.3, -0.25) is 0 Å². The van der Waals surface area contributed by atoms with Crippen LogP contribution in [0, 0.1) is 5.41 Å². The maximum atomic E-state index is 5.79. The van der Waals surface area contributed by atoms with Gasteiger partial charge in [0.05, 0.1) is 12.4 Å². The number of hydrogen-bond acceptors (Lipinski definition) is 1. The third-order valence-corrected chi connectivity index (χ3v) is 3.80. The Hall–Kier alpha value is -0.980. The van der Waals surface area contributed by atoms with E-state index < -0.39 is 0 Å². The second-order valence-electron chi connectivity index (χ2n) is 4.92. The van der Waals surface area contributed by atoms with E-state index in [2.05, 4.69) is 37.3 Å². The fourth-order valence-electron chi connectivity index (χ4n) is 2.50. The van der Waals surface area contributed by atoms with Crippen LogP contribution in [0.2, 0.25) is 0 Å². The fourth-order valence-corrected chi connectivity index (χ4v) is 2.50. The van der Waals surface area contributed by atoms with Crippen molar-refractivity contribution in [3.63, 3.8) is 0 Å². The maximum Gasteiger partial charge on any atom is 0.0978 e. The van der Waals surface area contributed by atoms with Crippen LogP contribution in [-0.2, 0) is 4.74 Å². The zero-order valence-electron chi connectivity index (χ0n) is 10.2. The van der Waals surface area contributed by atoms with Crippen molar-refractivity contribution >= 4 is 0 Å². The second kappa shape index (κ2) is 5.38. The first-order valence-corrected chi connectivity index (χ1v) is 6.52. The Morgan fingerprint density at radius 2 is 2.12 bits per heavy atom. The third-order valence-electron chi connectivity index (χ3n) is 3.80. The first-order valence-electron chi connectivity index (χ1n) is 6.52. The van der Waals surface area contributed by atoms with Crippen LogP contribution >= 0.6 is 0 Å². The van der Waals surface area contributed by atoms with Crippen molar-refractivity contribution in [3.05, 3.63) is 36.6 Å². The molecule has 0 aliphatic heterocycles. The quantitative estimate of drug-likeness (QED) is 0.637. The van der Waals surface area contributed by atoms with Crippen molar-refractivity contribution < 1.29 is 4.74 Å². The lowest BCUT2D eigenvalue weighted by molar-refractivity contribution is 0.148. The lowest BCUT2D eigenvalue weighted by Gasteiger charge is -2.26. The van der Waals surface area contributed by atoms with Gasteiger partial charge in [0.1, 0.15) is 0 Å². The molecule has 0 amide bonds. The molecule has 1 fully saturated rings. The second-order valence-corrected chi connectivity index (χ2v) is 4.92. The molecule has 2 rings (SSSR count). The van der Waals surface area contributed by atoms with Crippen LogP contribution < -0.4 is 0 Å². The highest BCUT2D eigenvalue weighted by atomic mass is 16.5. The Bertz CT molecular complexity index is 295. The molecule has 0 aromatic rings. The summed E-state index contributed by atoms with van der Waals surface area (Å²) >= 11 is 0. The smallest absolute Gasteiger partial charge is 0.0978 e. The standard InChI is InChI=1S/C15H22O/c1-2-15(10-6-3-7-11-15)12-13-16-14-8-4-5-9-14/h3,6-7,10,12-14H,2,4-5,8-9,11H2,1H3. The minimum Gasteiger partial charge on any atom is -0.498 e. The van der Waals surface area contributed by atoms with E-state index in [1.54, 1.807) is 0 Å². The average Bonchev–Trinajstić information content (AvgIpc) is 2.83. The lowest BCUT2D eigenvalue weighted by Crippen LogP contribution is -2.14. The van der Waals surface area contributed by atoms with Gasteiger partial charge < -0.3 is 4.74 Å². The van der Waals surface area contributed by atoms with Gasteiger partial charge in [-0.25, -0.2) is 0 Å². The van der Waals surface area contributed by atoms with Gasteiger partial charge in [-0.15, -0.1) is 0 Å². The molecule has 1 unspecified atom stereocenters. The highest BCUT2D eigenvalue weighted by Crippen LogP contribution is 2.33. The zero-order chi connectivity index (χ0) is 11.3. The molecular weight excluding hydrogens is 196 g/mol. The van der Waals surface area contributed by atoms with E-state index in [1.807, 2.05) is 6.26 Å². The van der Waals surface area contributed by atoms with Crippen molar-refractivity contribution in [2.24, 2.45) is 5.41 Å². The number of ether oxygens (including phenoxy) is 1. The average molecular weight is 218 g/mol. The highest BCUT2D eigenvalue weighted by molar-refractivity contribution is 5.21. The molecule has 0 radical (unpaired) electrons. The summed E-state index contributed by atoms with van der Waals surface area (Å²) in [6, 6.07) is 0. The summed E-state index contributed by atoms with van der Waals surface area (Å²) in [5.41, 5.74) is 0.202. The van der Waals surface area contributed by atoms with E-state index in [9.17, 15) is 0 Å². The first-order chi connectivity index (χ1) is 7.85. The van der Waals surface area contributed by atoms with Crippen molar-refractivity contribution in [2.75, 3.05) is 0 Å². The normalized spacial score (nSPS) is 30.3. The molecule has 0 aromatic heterocycles. The molecule has 0 spiro atoms. The van der Waals surface area contributed by atoms with Gasteiger partial charge in [-0.2, -0.15) is 0 Å². The summed E-state index contributed by atoms with van der Waals surface area (Å²) in [4.78, 5) is 0. The Balaban J connectivity index is 1.88. The maximum absolute atomic E-state index is 5.79. The summed E-state index contributed by atoms with van der Waals surface area (Å²) in [7, 11) is 0. The molecule has 0 saturated heterocycles. The van der Waals surface area contributed by atoms with E-state index in [0.717, 1.165) is 12.8 Å². The molecule has 0 N–H and O–H groups in total. The number of allylic oxidation sites excluding steroid dienone is 5. The fraction of sp³-hybridized carbons (Fsp3) is 0.600. The monoisotopic (exact) mass is 218 g/mol. The molecule has 16 heavy (non-hydrogen) atoms. The van der Waals surface area contributed by atoms with Crippen LogP contribution in [-0.4, -0.2) is 6.10 Å². The van der Waals surface area contributed by atoms with Gasteiger partial charge in [0.2, 0.25) is 0 Å². The van der Waals surface area contributed by atoms with Crippen LogP contribution in [0.3, 0.4) is 0 Å². The molecule has 88 valence electrons. The lowest BCUT2D eigenvalue weighted by atomic mass is 9.79. The Morgan fingerprint density at radius 1 is 1.31 bits per heavy atom. The van der Waals surface area contributed by atoms with Gasteiger partial charge >= 0.3 is 0 Å². The summed E-state index contributed by atoms with van der Waals surface area (Å²) in [6.45, 7) is 2.24. The van der Waals surface area contributed by atoms with E-state index in [4.69, 9.17) is 4.74 Å². The summed E-state index contributed by atoms with van der Waals surface area (Å²) in [5, 5.41) is 0. The van der Waals surface area contributed by atoms with Crippen LogP contribution in [0.1, 0.15) is 45.4 Å². The molecular formula is C15H22O. The van der Waals surface area contributed by atoms with E-state index in [-0.39, 0.29) is 5.41 Å². The Morgan fingerprint density at radius 3 is 2.75 bits per heavy atom. The topological polar surface area (TPSA) is 9.23 Å². The van der Waals surface area contributed by atoms with Crippen LogP contribution in [0.5, 0.6) is 0 Å². The molecule has 1 saturated carbocycles. The van der Waals surface area contributed by atoms with Gasteiger partial charge in [0.15, 0.2) is 0 Å². The predicted octanol–water partition coefficient (Wildman–Crippen LogP) is 4.37. The van der Waals surface area contributed by atoms with E-state index in [1.165, 1.54) is 25.7 Å². The van der Waals surface area contributed by atoms with Crippen LogP contribution in [0.15, 0.2) is 36.6 Å². The van der Waals surface area contributed by atoms with Crippen molar-refractivity contribution in [1.82, 2.24) is 0 Å². The highest BCUT2D eigenvalue weighted by Gasteiger charge is 2.22. The summed E-state index contributed by atoms with van der Waals surface area (Å²) in [6.07, 6.45) is 20.8. The Kier molecular flexibility index (Phi) is 3.87. The van der Waals surface area contributed by atoms with Gasteiger partial charge in [0.25, 0.3) is 0 Å².